The van der Waals surface area contributed by atoms with Crippen molar-refractivity contribution < 1.29 is 9.59 Å². The molecule has 4 nitrogen and oxygen atoms in total. The number of anilines is 1. The average molecular weight is 350 g/mol. The molecule has 0 spiro atoms. The van der Waals surface area contributed by atoms with Gasteiger partial charge in [-0.05, 0) is 44.4 Å². The van der Waals surface area contributed by atoms with Crippen LogP contribution in [0.4, 0.5) is 5.69 Å². The first-order valence-corrected chi connectivity index (χ1v) is 9.05. The summed E-state index contributed by atoms with van der Waals surface area (Å²) in [5, 5.41) is 3.04. The van der Waals surface area contributed by atoms with Gasteiger partial charge < -0.3 is 10.2 Å². The van der Waals surface area contributed by atoms with Crippen molar-refractivity contribution >= 4 is 17.5 Å². The third-order valence-electron chi connectivity index (χ3n) is 4.97. The monoisotopic (exact) mass is 350 g/mol. The summed E-state index contributed by atoms with van der Waals surface area (Å²) in [6.45, 7) is 9.12. The van der Waals surface area contributed by atoms with Gasteiger partial charge in [-0.1, -0.05) is 47.5 Å². The third-order valence-corrected chi connectivity index (χ3v) is 4.97. The zero-order valence-corrected chi connectivity index (χ0v) is 15.9. The molecule has 3 rings (SSSR count). The van der Waals surface area contributed by atoms with Crippen LogP contribution in [-0.2, 0) is 16.1 Å². The highest BCUT2D eigenvalue weighted by atomic mass is 16.2. The average Bonchev–Trinajstić information content (AvgIpc) is 2.92. The lowest BCUT2D eigenvalue weighted by molar-refractivity contribution is -0.128. The number of amides is 2. The van der Waals surface area contributed by atoms with Gasteiger partial charge in [-0.15, -0.1) is 0 Å². The van der Waals surface area contributed by atoms with Crippen molar-refractivity contribution in [1.82, 2.24) is 4.90 Å². The van der Waals surface area contributed by atoms with Crippen LogP contribution in [0.15, 0.2) is 36.4 Å². The van der Waals surface area contributed by atoms with Gasteiger partial charge in [0.2, 0.25) is 11.8 Å². The predicted molar refractivity (Wildman–Crippen MR) is 104 cm³/mol. The lowest BCUT2D eigenvalue weighted by atomic mass is 10.0. The molecule has 1 N–H and O–H groups in total. The molecule has 0 saturated carbocycles. The van der Waals surface area contributed by atoms with E-state index in [1.165, 1.54) is 11.1 Å². The van der Waals surface area contributed by atoms with Crippen LogP contribution in [0.25, 0.3) is 0 Å². The van der Waals surface area contributed by atoms with E-state index >= 15 is 0 Å². The van der Waals surface area contributed by atoms with Crippen LogP contribution in [0.3, 0.4) is 0 Å². The normalized spacial score (nSPS) is 16.8. The predicted octanol–water partition coefficient (Wildman–Crippen LogP) is 3.91. The van der Waals surface area contributed by atoms with Crippen molar-refractivity contribution in [3.05, 3.63) is 64.2 Å². The molecule has 0 radical (unpaired) electrons. The molecule has 1 fully saturated rings. The van der Waals surface area contributed by atoms with Crippen LogP contribution in [0.5, 0.6) is 0 Å². The lowest BCUT2D eigenvalue weighted by Crippen LogP contribution is -2.28. The van der Waals surface area contributed by atoms with Crippen molar-refractivity contribution in [2.75, 3.05) is 11.9 Å². The van der Waals surface area contributed by atoms with Gasteiger partial charge in [0.15, 0.2) is 0 Å². The van der Waals surface area contributed by atoms with E-state index in [-0.39, 0.29) is 24.2 Å². The quantitative estimate of drug-likeness (QED) is 0.909. The maximum atomic E-state index is 12.7. The molecule has 0 aromatic heterocycles. The second-order valence-corrected chi connectivity index (χ2v) is 7.43. The van der Waals surface area contributed by atoms with Crippen LogP contribution < -0.4 is 5.32 Å². The molecular formula is C22H26N2O2. The fraction of sp³-hybridized carbons (Fsp3) is 0.364. The van der Waals surface area contributed by atoms with Crippen LogP contribution in [0, 0.1) is 33.6 Å². The van der Waals surface area contributed by atoms with E-state index in [1.54, 1.807) is 4.90 Å². The first kappa shape index (κ1) is 18.2. The number of carbonyl (C=O) groups excluding carboxylic acids is 2. The van der Waals surface area contributed by atoms with Gasteiger partial charge in [0.25, 0.3) is 0 Å². The molecule has 1 saturated heterocycles. The summed E-state index contributed by atoms with van der Waals surface area (Å²) in [4.78, 5) is 26.9. The molecule has 0 aliphatic carbocycles. The Balaban J connectivity index is 1.67. The minimum absolute atomic E-state index is 0.0454. The molecule has 0 bridgehead atoms. The molecule has 4 heteroatoms. The molecule has 26 heavy (non-hydrogen) atoms. The Kier molecular flexibility index (Phi) is 5.12. The topological polar surface area (TPSA) is 49.4 Å². The van der Waals surface area contributed by atoms with Gasteiger partial charge >= 0.3 is 0 Å². The Labute approximate surface area is 155 Å². The van der Waals surface area contributed by atoms with Crippen molar-refractivity contribution in [3.63, 3.8) is 0 Å². The number of benzene rings is 2. The summed E-state index contributed by atoms with van der Waals surface area (Å²) < 4.78 is 0. The van der Waals surface area contributed by atoms with E-state index in [0.29, 0.717) is 13.1 Å². The van der Waals surface area contributed by atoms with Crippen LogP contribution in [0.2, 0.25) is 0 Å². The summed E-state index contributed by atoms with van der Waals surface area (Å²) in [6.07, 6.45) is 0.279. The summed E-state index contributed by atoms with van der Waals surface area (Å²) in [5.74, 6) is -0.323. The van der Waals surface area contributed by atoms with Gasteiger partial charge in [0.05, 0.1) is 5.92 Å². The van der Waals surface area contributed by atoms with Gasteiger partial charge in [0.1, 0.15) is 0 Å². The van der Waals surface area contributed by atoms with Gasteiger partial charge in [-0.25, -0.2) is 0 Å². The Morgan fingerprint density at radius 2 is 1.77 bits per heavy atom. The molecule has 1 unspecified atom stereocenters. The maximum absolute atomic E-state index is 12.7. The number of rotatable bonds is 4. The Morgan fingerprint density at radius 1 is 1.08 bits per heavy atom. The smallest absolute Gasteiger partial charge is 0.229 e. The minimum atomic E-state index is -0.299. The Morgan fingerprint density at radius 3 is 2.42 bits per heavy atom. The molecule has 1 aliphatic rings. The first-order valence-electron chi connectivity index (χ1n) is 9.05. The van der Waals surface area contributed by atoms with Crippen molar-refractivity contribution in [2.45, 2.75) is 40.7 Å². The highest BCUT2D eigenvalue weighted by molar-refractivity contribution is 5.98. The van der Waals surface area contributed by atoms with E-state index in [0.717, 1.165) is 22.4 Å². The van der Waals surface area contributed by atoms with Crippen LogP contribution >= 0.6 is 0 Å². The van der Waals surface area contributed by atoms with Crippen LogP contribution in [0.1, 0.15) is 34.2 Å². The van der Waals surface area contributed by atoms with Crippen molar-refractivity contribution in [3.8, 4) is 0 Å². The van der Waals surface area contributed by atoms with E-state index in [2.05, 4.69) is 23.5 Å². The SMILES string of the molecule is Cc1cccc(CN2CC(C(=O)Nc3c(C)cc(C)cc3C)CC2=O)c1. The minimum Gasteiger partial charge on any atom is -0.338 e. The fourth-order valence-electron chi connectivity index (χ4n) is 3.73. The highest BCUT2D eigenvalue weighted by Gasteiger charge is 2.34. The number of carbonyl (C=O) groups is 2. The standard InChI is InChI=1S/C22H26N2O2/c1-14-6-5-7-18(10-14)12-24-13-19(11-20(24)25)22(26)23-21-16(3)8-15(2)9-17(21)4/h5-10,19H,11-13H2,1-4H3,(H,23,26). The van der Waals surface area contributed by atoms with E-state index in [4.69, 9.17) is 0 Å². The Bertz CT molecular complexity index is 834. The van der Waals surface area contributed by atoms with Gasteiger partial charge in [-0.2, -0.15) is 0 Å². The zero-order valence-electron chi connectivity index (χ0n) is 15.9. The third kappa shape index (κ3) is 3.96. The first-order chi connectivity index (χ1) is 12.3. The largest absolute Gasteiger partial charge is 0.338 e. The molecular weight excluding hydrogens is 324 g/mol. The number of aryl methyl sites for hydroxylation is 4. The highest BCUT2D eigenvalue weighted by Crippen LogP contribution is 2.26. The summed E-state index contributed by atoms with van der Waals surface area (Å²) >= 11 is 0. The van der Waals surface area contributed by atoms with Gasteiger partial charge in [0, 0.05) is 25.2 Å². The van der Waals surface area contributed by atoms with E-state index in [1.807, 2.05) is 45.9 Å². The number of nitrogens with zero attached hydrogens (tertiary/aromatic N) is 1. The summed E-state index contributed by atoms with van der Waals surface area (Å²) in [7, 11) is 0. The second-order valence-electron chi connectivity index (χ2n) is 7.43. The lowest BCUT2D eigenvalue weighted by Gasteiger charge is -2.18. The molecule has 1 heterocycles. The van der Waals surface area contributed by atoms with E-state index < -0.39 is 0 Å². The number of nitrogens with one attached hydrogen (secondary N) is 1. The van der Waals surface area contributed by atoms with Crippen LogP contribution in [-0.4, -0.2) is 23.3 Å². The second kappa shape index (κ2) is 7.32. The molecule has 2 aromatic rings. The molecule has 2 amide bonds. The van der Waals surface area contributed by atoms with Crippen molar-refractivity contribution in [2.24, 2.45) is 5.92 Å². The maximum Gasteiger partial charge on any atom is 0.229 e. The Hall–Kier alpha value is -2.62. The summed E-state index contributed by atoms with van der Waals surface area (Å²) in [6, 6.07) is 12.3. The number of hydrogen-bond donors (Lipinski definition) is 1. The molecule has 1 atom stereocenters. The molecule has 1 aliphatic heterocycles. The van der Waals surface area contributed by atoms with E-state index in [9.17, 15) is 9.59 Å². The zero-order chi connectivity index (χ0) is 18.8. The molecule has 136 valence electrons. The van der Waals surface area contributed by atoms with Crippen molar-refractivity contribution in [1.29, 1.82) is 0 Å². The number of hydrogen-bond acceptors (Lipinski definition) is 2. The number of likely N-dealkylation sites (tertiary alicyclic amines) is 1. The fourth-order valence-corrected chi connectivity index (χ4v) is 3.73. The summed E-state index contributed by atoms with van der Waals surface area (Å²) in [5.41, 5.74) is 6.43. The molecule has 2 aromatic carbocycles. The van der Waals surface area contributed by atoms with Gasteiger partial charge in [-0.3, -0.25) is 9.59 Å².